The van der Waals surface area contributed by atoms with Gasteiger partial charge in [-0.2, -0.15) is 8.42 Å². The fourth-order valence-corrected chi connectivity index (χ4v) is 9.77. The van der Waals surface area contributed by atoms with Crippen LogP contribution in [0.1, 0.15) is 41.5 Å². The maximum Gasteiger partial charge on any atom is 0.269 e. The molecule has 0 radical (unpaired) electrons. The van der Waals surface area contributed by atoms with Gasteiger partial charge >= 0.3 is 0 Å². The molecule has 15 heavy (non-hydrogen) atoms. The Morgan fingerprint density at radius 3 is 1.40 bits per heavy atom. The zero-order chi connectivity index (χ0) is 12.7. The van der Waals surface area contributed by atoms with E-state index < -0.39 is 16.2 Å². The van der Waals surface area contributed by atoms with Crippen molar-refractivity contribution in [2.75, 3.05) is 5.49 Å². The van der Waals surface area contributed by atoms with Gasteiger partial charge in [-0.1, -0.05) is 53.3 Å². The second-order valence-electron chi connectivity index (χ2n) is 5.79. The van der Waals surface area contributed by atoms with Crippen molar-refractivity contribution < 1.29 is 13.0 Å². The first-order valence-corrected chi connectivity index (χ1v) is 9.35. The molecule has 0 aromatic heterocycles. The van der Waals surface area contributed by atoms with E-state index in [0.29, 0.717) is 0 Å². The predicted octanol–water partition coefficient (Wildman–Crippen LogP) is 2.91. The lowest BCUT2D eigenvalue weighted by molar-refractivity contribution is 0.487. The van der Waals surface area contributed by atoms with E-state index in [-0.39, 0.29) is 15.8 Å². The lowest BCUT2D eigenvalue weighted by Gasteiger charge is -2.44. The summed E-state index contributed by atoms with van der Waals surface area (Å²) in [5, 5.41) is -0.535. The molecule has 0 aliphatic rings. The third kappa shape index (κ3) is 3.81. The van der Waals surface area contributed by atoms with Gasteiger partial charge in [-0.05, 0) is 16.3 Å². The van der Waals surface area contributed by atoms with E-state index in [2.05, 4.69) is 0 Å². The third-order valence-electron chi connectivity index (χ3n) is 2.51. The van der Waals surface area contributed by atoms with Gasteiger partial charge in [0.2, 0.25) is 0 Å². The molecule has 0 heterocycles. The van der Waals surface area contributed by atoms with Gasteiger partial charge in [-0.3, -0.25) is 4.55 Å². The summed E-state index contributed by atoms with van der Waals surface area (Å²) in [6, 6.07) is -2.21. The highest BCUT2D eigenvalue weighted by Gasteiger charge is 2.44. The van der Waals surface area contributed by atoms with Crippen LogP contribution in [0, 0.1) is 0 Å². The van der Waals surface area contributed by atoms with Crippen LogP contribution in [0.25, 0.3) is 0 Å². The third-order valence-corrected chi connectivity index (χ3v) is 13.8. The van der Waals surface area contributed by atoms with Gasteiger partial charge in [0.1, 0.15) is 5.49 Å². The molecule has 0 aliphatic heterocycles. The van der Waals surface area contributed by atoms with Crippen LogP contribution in [-0.4, -0.2) is 28.8 Å². The lowest BCUT2D eigenvalue weighted by atomic mass is 10.2. The van der Waals surface area contributed by atoms with E-state index in [1.807, 2.05) is 41.5 Å². The molecule has 0 rings (SSSR count). The average molecular weight is 272 g/mol. The summed E-state index contributed by atoms with van der Waals surface area (Å²) in [6.07, 6.45) is 0. The molecule has 1 N–H and O–H groups in total. The van der Waals surface area contributed by atoms with Crippen LogP contribution in [0.2, 0.25) is 0 Å². The molecular weight excluding hydrogens is 251 g/mol. The fourth-order valence-electron chi connectivity index (χ4n) is 1.62. The Hall–Kier alpha value is 0.560. The Labute approximate surface area is 98.4 Å². The molecule has 6 heteroatoms. The maximum atomic E-state index is 11.1. The van der Waals surface area contributed by atoms with Gasteiger partial charge in [0.15, 0.2) is 0 Å². The Morgan fingerprint density at radius 2 is 1.33 bits per heavy atom. The first-order chi connectivity index (χ1) is 6.21. The van der Waals surface area contributed by atoms with E-state index >= 15 is 0 Å². The van der Waals surface area contributed by atoms with Gasteiger partial charge in [-0.25, -0.2) is 0 Å². The molecule has 92 valence electrons. The molecular formula is C9H21O3PS2. The molecule has 0 aromatic carbocycles. The second-order valence-corrected chi connectivity index (χ2v) is 14.0. The molecule has 0 amide bonds. The summed E-state index contributed by atoms with van der Waals surface area (Å²) < 4.78 is 31.1. The Balaban J connectivity index is 5.57. The Kier molecular flexibility index (Phi) is 4.25. The van der Waals surface area contributed by atoms with Crippen LogP contribution in [0.5, 0.6) is 0 Å². The highest BCUT2D eigenvalue weighted by molar-refractivity contribution is 8.20. The first kappa shape index (κ1) is 15.6. The van der Waals surface area contributed by atoms with Crippen LogP contribution < -0.4 is 0 Å². The first-order valence-electron chi connectivity index (χ1n) is 4.75. The molecule has 0 spiro atoms. The van der Waals surface area contributed by atoms with Gasteiger partial charge in [-0.15, -0.1) is 0 Å². The zero-order valence-electron chi connectivity index (χ0n) is 10.2. The monoisotopic (exact) mass is 272 g/mol. The molecule has 0 fully saturated rings. The summed E-state index contributed by atoms with van der Waals surface area (Å²) in [4.78, 5) is 0. The quantitative estimate of drug-likeness (QED) is 0.620. The van der Waals surface area contributed by atoms with Crippen molar-refractivity contribution in [2.24, 2.45) is 0 Å². The number of rotatable bonds is 2. The molecule has 0 bridgehead atoms. The number of hydrogen-bond donors (Lipinski definition) is 1. The van der Waals surface area contributed by atoms with Gasteiger partial charge in [0.25, 0.3) is 10.1 Å². The van der Waals surface area contributed by atoms with Crippen LogP contribution in [0.3, 0.4) is 0 Å². The van der Waals surface area contributed by atoms with E-state index in [0.717, 1.165) is 0 Å². The summed E-state index contributed by atoms with van der Waals surface area (Å²) in [5.41, 5.74) is -0.275. The van der Waals surface area contributed by atoms with Crippen LogP contribution in [-0.2, 0) is 21.9 Å². The fraction of sp³-hybridized carbons (Fsp3) is 1.00. The molecule has 0 aliphatic carbocycles. The minimum atomic E-state index is -4.00. The topological polar surface area (TPSA) is 54.4 Å². The number of hydrogen-bond acceptors (Lipinski definition) is 3. The van der Waals surface area contributed by atoms with E-state index in [1.54, 1.807) is 0 Å². The van der Waals surface area contributed by atoms with Crippen molar-refractivity contribution in [3.05, 3.63) is 0 Å². The SMILES string of the molecule is CC(C)(C)P(=S)(CS(=O)(=O)O)C(C)(C)C. The molecule has 0 atom stereocenters. The maximum absolute atomic E-state index is 11.1. The normalized spacial score (nSPS) is 15.4. The standard InChI is InChI=1S/C9H21O3PS2/c1-8(2,3)13(14,9(4,5)6)7-15(10,11)12/h7H2,1-6H3,(H,10,11,12). The molecule has 0 aromatic rings. The highest BCUT2D eigenvalue weighted by atomic mass is 32.4. The summed E-state index contributed by atoms with van der Waals surface area (Å²) in [6.45, 7) is 11.7. The largest absolute Gasteiger partial charge is 0.285 e. The minimum Gasteiger partial charge on any atom is -0.285 e. The van der Waals surface area contributed by atoms with Gasteiger partial charge in [0, 0.05) is 0 Å². The van der Waals surface area contributed by atoms with Crippen molar-refractivity contribution in [2.45, 2.75) is 51.9 Å². The van der Waals surface area contributed by atoms with Crippen molar-refractivity contribution in [3.8, 4) is 0 Å². The summed E-state index contributed by atoms with van der Waals surface area (Å²) in [5.74, 6) is 0. The summed E-state index contributed by atoms with van der Waals surface area (Å²) in [7, 11) is -4.00. The van der Waals surface area contributed by atoms with Crippen molar-refractivity contribution in [1.29, 1.82) is 0 Å². The van der Waals surface area contributed by atoms with Crippen molar-refractivity contribution >= 4 is 28.0 Å². The molecule has 0 unspecified atom stereocenters. The Morgan fingerprint density at radius 1 is 1.07 bits per heavy atom. The molecule has 0 saturated heterocycles. The zero-order valence-corrected chi connectivity index (χ0v) is 12.8. The van der Waals surface area contributed by atoms with Crippen molar-refractivity contribution in [3.63, 3.8) is 0 Å². The second kappa shape index (κ2) is 4.10. The highest BCUT2D eigenvalue weighted by Crippen LogP contribution is 2.67. The van der Waals surface area contributed by atoms with Crippen LogP contribution >= 0.6 is 6.04 Å². The van der Waals surface area contributed by atoms with E-state index in [4.69, 9.17) is 16.4 Å². The van der Waals surface area contributed by atoms with E-state index in [9.17, 15) is 8.42 Å². The lowest BCUT2D eigenvalue weighted by Crippen LogP contribution is -2.32. The average Bonchev–Trinajstić information content (AvgIpc) is 1.77. The molecule has 0 saturated carbocycles. The van der Waals surface area contributed by atoms with Crippen LogP contribution in [0.4, 0.5) is 0 Å². The summed E-state index contributed by atoms with van der Waals surface area (Å²) >= 11 is 5.60. The van der Waals surface area contributed by atoms with E-state index in [1.165, 1.54) is 0 Å². The van der Waals surface area contributed by atoms with Gasteiger partial charge < -0.3 is 0 Å². The predicted molar refractivity (Wildman–Crippen MR) is 70.2 cm³/mol. The minimum absolute atomic E-state index is 0.267. The molecule has 3 nitrogen and oxygen atoms in total. The van der Waals surface area contributed by atoms with Gasteiger partial charge in [0.05, 0.1) is 0 Å². The van der Waals surface area contributed by atoms with Crippen molar-refractivity contribution in [1.82, 2.24) is 0 Å². The van der Waals surface area contributed by atoms with Crippen LogP contribution in [0.15, 0.2) is 0 Å². The smallest absolute Gasteiger partial charge is 0.269 e. The Bertz CT molecular complexity index is 353.